The maximum Gasteiger partial charge on any atom is 0.160 e. The molecule has 0 bridgehead atoms. The SMILES string of the molecule is CC1(C)c2cc(C#N)ccc2-c2ccc(-c3cc(-c4ccccn4)cc(-c4cc(-c5ccccc5)nc(-c5ccccc5)n4)c3)cc21. The van der Waals surface area contributed by atoms with Gasteiger partial charge in [0, 0.05) is 33.9 Å². The first-order valence-corrected chi connectivity index (χ1v) is 15.7. The predicted octanol–water partition coefficient (Wildman–Crippen LogP) is 10.4. The summed E-state index contributed by atoms with van der Waals surface area (Å²) in [4.78, 5) is 14.9. The molecule has 2 aromatic heterocycles. The fourth-order valence-electron chi connectivity index (χ4n) is 6.68. The third kappa shape index (κ3) is 5.09. The maximum atomic E-state index is 9.59. The summed E-state index contributed by atoms with van der Waals surface area (Å²) in [7, 11) is 0. The molecule has 1 aliphatic carbocycles. The molecule has 4 heteroatoms. The van der Waals surface area contributed by atoms with Crippen molar-refractivity contribution in [3.63, 3.8) is 0 Å². The highest BCUT2D eigenvalue weighted by Gasteiger charge is 2.35. The van der Waals surface area contributed by atoms with Crippen molar-refractivity contribution in [1.82, 2.24) is 15.0 Å². The lowest BCUT2D eigenvalue weighted by Crippen LogP contribution is -2.15. The Balaban J connectivity index is 1.32. The summed E-state index contributed by atoms with van der Waals surface area (Å²) in [6.45, 7) is 4.49. The van der Waals surface area contributed by atoms with E-state index in [1.807, 2.05) is 85.1 Å². The van der Waals surface area contributed by atoms with Gasteiger partial charge >= 0.3 is 0 Å². The van der Waals surface area contributed by atoms with E-state index in [-0.39, 0.29) is 5.41 Å². The minimum absolute atomic E-state index is 0.239. The van der Waals surface area contributed by atoms with Crippen LogP contribution in [0.2, 0.25) is 0 Å². The van der Waals surface area contributed by atoms with Crippen molar-refractivity contribution in [3.05, 3.63) is 162 Å². The van der Waals surface area contributed by atoms with Crippen molar-refractivity contribution in [2.45, 2.75) is 19.3 Å². The highest BCUT2D eigenvalue weighted by Crippen LogP contribution is 2.50. The molecule has 0 saturated heterocycles. The topological polar surface area (TPSA) is 62.5 Å². The standard InChI is InChI=1S/C43H30N4/c1-43(2)37-21-28(27-44)16-18-35(37)36-19-17-31(25-38(36)43)32-22-33(39-15-9-10-20-45-39)24-34(23-32)41-26-40(29-11-5-3-6-12-29)46-42(47-41)30-13-7-4-8-14-30/h3-26H,1-2H3. The van der Waals surface area contributed by atoms with Crippen LogP contribution in [-0.4, -0.2) is 15.0 Å². The van der Waals surface area contributed by atoms with E-state index in [0.717, 1.165) is 50.5 Å². The first-order valence-electron chi connectivity index (χ1n) is 15.7. The zero-order valence-corrected chi connectivity index (χ0v) is 26.1. The van der Waals surface area contributed by atoms with E-state index in [9.17, 15) is 5.26 Å². The van der Waals surface area contributed by atoms with Crippen LogP contribution in [0.4, 0.5) is 0 Å². The van der Waals surface area contributed by atoms with Crippen molar-refractivity contribution >= 4 is 0 Å². The summed E-state index contributed by atoms with van der Waals surface area (Å²) < 4.78 is 0. The summed E-state index contributed by atoms with van der Waals surface area (Å²) in [6, 6.07) is 50.2. The van der Waals surface area contributed by atoms with Crippen LogP contribution in [0.1, 0.15) is 30.5 Å². The molecule has 0 aliphatic heterocycles. The van der Waals surface area contributed by atoms with E-state index in [1.165, 1.54) is 22.3 Å². The average Bonchev–Trinajstić information content (AvgIpc) is 3.37. The van der Waals surface area contributed by atoms with E-state index >= 15 is 0 Å². The van der Waals surface area contributed by atoms with Gasteiger partial charge in [0.15, 0.2) is 5.82 Å². The normalized spacial score (nSPS) is 12.6. The zero-order chi connectivity index (χ0) is 32.0. The number of aromatic nitrogens is 3. The van der Waals surface area contributed by atoms with Crippen LogP contribution in [0.25, 0.3) is 67.4 Å². The molecule has 2 heterocycles. The van der Waals surface area contributed by atoms with Crippen LogP contribution in [0.15, 0.2) is 146 Å². The van der Waals surface area contributed by atoms with Gasteiger partial charge in [0.2, 0.25) is 0 Å². The molecule has 222 valence electrons. The third-order valence-corrected chi connectivity index (χ3v) is 9.16. The Morgan fingerprint density at radius 2 is 1.09 bits per heavy atom. The monoisotopic (exact) mass is 602 g/mol. The van der Waals surface area contributed by atoms with Crippen LogP contribution in [0.3, 0.4) is 0 Å². The number of rotatable bonds is 5. The minimum atomic E-state index is -0.239. The molecule has 1 aliphatic rings. The van der Waals surface area contributed by atoms with Crippen LogP contribution in [0, 0.1) is 11.3 Å². The Labute approximate surface area is 274 Å². The molecule has 0 fully saturated rings. The lowest BCUT2D eigenvalue weighted by molar-refractivity contribution is 0.660. The number of nitriles is 1. The molecule has 0 saturated carbocycles. The lowest BCUT2D eigenvalue weighted by Gasteiger charge is -2.22. The van der Waals surface area contributed by atoms with E-state index in [2.05, 4.69) is 80.6 Å². The van der Waals surface area contributed by atoms with Gasteiger partial charge < -0.3 is 0 Å². The Kier molecular flexibility index (Phi) is 6.82. The molecule has 5 aromatic carbocycles. The molecule has 0 atom stereocenters. The number of pyridine rings is 1. The van der Waals surface area contributed by atoms with E-state index in [1.54, 1.807) is 0 Å². The smallest absolute Gasteiger partial charge is 0.160 e. The van der Waals surface area contributed by atoms with Gasteiger partial charge in [-0.25, -0.2) is 9.97 Å². The number of nitrogens with zero attached hydrogens (tertiary/aromatic N) is 4. The quantitative estimate of drug-likeness (QED) is 0.197. The van der Waals surface area contributed by atoms with Crippen LogP contribution >= 0.6 is 0 Å². The molecular formula is C43H30N4. The average molecular weight is 603 g/mol. The van der Waals surface area contributed by atoms with E-state index < -0.39 is 0 Å². The van der Waals surface area contributed by atoms with Crippen molar-refractivity contribution < 1.29 is 0 Å². The minimum Gasteiger partial charge on any atom is -0.256 e. The Morgan fingerprint density at radius 3 is 1.77 bits per heavy atom. The second kappa shape index (κ2) is 11.3. The summed E-state index contributed by atoms with van der Waals surface area (Å²) >= 11 is 0. The van der Waals surface area contributed by atoms with Gasteiger partial charge in [0.05, 0.1) is 28.7 Å². The summed E-state index contributed by atoms with van der Waals surface area (Å²) in [6.07, 6.45) is 1.83. The summed E-state index contributed by atoms with van der Waals surface area (Å²) in [5.74, 6) is 0.681. The van der Waals surface area contributed by atoms with Crippen LogP contribution < -0.4 is 0 Å². The summed E-state index contributed by atoms with van der Waals surface area (Å²) in [5.41, 5.74) is 14.1. The van der Waals surface area contributed by atoms with Crippen molar-refractivity contribution in [3.8, 4) is 73.5 Å². The highest BCUT2D eigenvalue weighted by molar-refractivity contribution is 5.86. The fourth-order valence-corrected chi connectivity index (χ4v) is 6.68. The van der Waals surface area contributed by atoms with Crippen LogP contribution in [-0.2, 0) is 5.41 Å². The molecule has 7 aromatic rings. The van der Waals surface area contributed by atoms with Gasteiger partial charge in [-0.1, -0.05) is 98.8 Å². The molecule has 0 amide bonds. The Bertz CT molecular complexity index is 2260. The van der Waals surface area contributed by atoms with Gasteiger partial charge in [0.1, 0.15) is 0 Å². The number of fused-ring (bicyclic) bond motifs is 3. The molecule has 47 heavy (non-hydrogen) atoms. The molecule has 8 rings (SSSR count). The molecule has 4 nitrogen and oxygen atoms in total. The van der Waals surface area contributed by atoms with E-state index in [0.29, 0.717) is 11.4 Å². The second-order valence-corrected chi connectivity index (χ2v) is 12.5. The molecule has 0 radical (unpaired) electrons. The Morgan fingerprint density at radius 1 is 0.489 bits per heavy atom. The van der Waals surface area contributed by atoms with Gasteiger partial charge in [0.25, 0.3) is 0 Å². The number of benzene rings is 5. The van der Waals surface area contributed by atoms with Crippen molar-refractivity contribution in [2.24, 2.45) is 0 Å². The molecule has 0 N–H and O–H groups in total. The second-order valence-electron chi connectivity index (χ2n) is 12.5. The predicted molar refractivity (Wildman–Crippen MR) is 189 cm³/mol. The molecule has 0 spiro atoms. The van der Waals surface area contributed by atoms with Gasteiger partial charge in [-0.3, -0.25) is 4.98 Å². The van der Waals surface area contributed by atoms with Crippen molar-refractivity contribution in [2.75, 3.05) is 0 Å². The third-order valence-electron chi connectivity index (χ3n) is 9.16. The van der Waals surface area contributed by atoms with E-state index in [4.69, 9.17) is 15.0 Å². The zero-order valence-electron chi connectivity index (χ0n) is 26.1. The largest absolute Gasteiger partial charge is 0.256 e. The molecule has 0 unspecified atom stereocenters. The Hall–Kier alpha value is -6.18. The lowest BCUT2D eigenvalue weighted by atomic mass is 9.81. The molecular weight excluding hydrogens is 573 g/mol. The fraction of sp³-hybridized carbons (Fsp3) is 0.0698. The maximum absolute atomic E-state index is 9.59. The summed E-state index contributed by atoms with van der Waals surface area (Å²) in [5, 5.41) is 9.59. The van der Waals surface area contributed by atoms with Gasteiger partial charge in [-0.2, -0.15) is 5.26 Å². The first-order chi connectivity index (χ1) is 23.0. The van der Waals surface area contributed by atoms with Gasteiger partial charge in [-0.15, -0.1) is 0 Å². The van der Waals surface area contributed by atoms with Gasteiger partial charge in [-0.05, 0) is 88.0 Å². The highest BCUT2D eigenvalue weighted by atomic mass is 14.9. The first kappa shape index (κ1) is 28.3. The number of hydrogen-bond acceptors (Lipinski definition) is 4. The van der Waals surface area contributed by atoms with Crippen LogP contribution in [0.5, 0.6) is 0 Å². The van der Waals surface area contributed by atoms with Crippen molar-refractivity contribution in [1.29, 1.82) is 5.26 Å². The number of hydrogen-bond donors (Lipinski definition) is 0.